The molecule has 0 saturated heterocycles. The van der Waals surface area contributed by atoms with Crippen molar-refractivity contribution in [3.63, 3.8) is 0 Å². The van der Waals surface area contributed by atoms with Gasteiger partial charge in [-0.15, -0.1) is 11.3 Å². The van der Waals surface area contributed by atoms with Crippen LogP contribution in [0.1, 0.15) is 4.88 Å². The highest BCUT2D eigenvalue weighted by molar-refractivity contribution is 7.10. The van der Waals surface area contributed by atoms with Crippen molar-refractivity contribution in [2.45, 2.75) is 6.18 Å². The molecule has 6 heteroatoms. The lowest BCUT2D eigenvalue weighted by Crippen LogP contribution is -2.20. The van der Waals surface area contributed by atoms with E-state index in [1.54, 1.807) is 30.3 Å². The zero-order chi connectivity index (χ0) is 15.1. The molecule has 0 atom stereocenters. The van der Waals surface area contributed by atoms with Gasteiger partial charge in [0, 0.05) is 0 Å². The number of alkyl halides is 3. The molecule has 0 aliphatic rings. The van der Waals surface area contributed by atoms with Crippen LogP contribution in [-0.2, 0) is 0 Å². The molecule has 0 saturated carbocycles. The molecule has 0 amide bonds. The third-order valence-electron chi connectivity index (χ3n) is 2.36. The normalized spacial score (nSPS) is 11.2. The fourth-order valence-electron chi connectivity index (χ4n) is 1.49. The third-order valence-corrected chi connectivity index (χ3v) is 3.14. The topological polar surface area (TPSA) is 15.6 Å². The van der Waals surface area contributed by atoms with Crippen LogP contribution in [0.3, 0.4) is 0 Å². The van der Waals surface area contributed by atoms with Crippen LogP contribution >= 0.6 is 11.3 Å². The van der Waals surface area contributed by atoms with Crippen molar-refractivity contribution >= 4 is 23.2 Å². The molecule has 108 valence electrons. The van der Waals surface area contributed by atoms with E-state index in [0.29, 0.717) is 5.69 Å². The quantitative estimate of drug-likeness (QED) is 0.472. The van der Waals surface area contributed by atoms with Gasteiger partial charge in [-0.25, -0.2) is 0 Å². The summed E-state index contributed by atoms with van der Waals surface area (Å²) in [5, 5.41) is 6.57. The molecule has 0 unspecified atom stereocenters. The van der Waals surface area contributed by atoms with E-state index in [2.05, 4.69) is 16.9 Å². The molecule has 0 spiro atoms. The fourth-order valence-corrected chi connectivity index (χ4v) is 2.08. The van der Waals surface area contributed by atoms with Crippen LogP contribution in [0.2, 0.25) is 0 Å². The Bertz CT molecular complexity index is 637. The van der Waals surface area contributed by atoms with E-state index in [-0.39, 0.29) is 12.8 Å². The van der Waals surface area contributed by atoms with E-state index < -0.39 is 6.18 Å². The number of para-hydroxylation sites is 1. The van der Waals surface area contributed by atoms with E-state index in [1.165, 1.54) is 16.3 Å². The number of halogens is 3. The Kier molecular flexibility index (Phi) is 5.01. The first-order valence-corrected chi connectivity index (χ1v) is 6.89. The summed E-state index contributed by atoms with van der Waals surface area (Å²) in [6.07, 6.45) is -4.49. The third kappa shape index (κ3) is 5.32. The average Bonchev–Trinajstić information content (AvgIpc) is 2.95. The highest BCUT2D eigenvalue weighted by Crippen LogP contribution is 2.16. The zero-order valence-corrected chi connectivity index (χ0v) is 11.7. The molecule has 0 N–H and O–H groups in total. The Labute approximate surface area is 124 Å². The van der Waals surface area contributed by atoms with Gasteiger partial charge in [0.05, 0.1) is 10.6 Å². The molecule has 1 heterocycles. The summed E-state index contributed by atoms with van der Waals surface area (Å²) in [5.41, 5.74) is 0.554. The van der Waals surface area contributed by atoms with Gasteiger partial charge < -0.3 is 0 Å². The predicted molar refractivity (Wildman–Crippen MR) is 79.5 cm³/mol. The number of hydrogen-bond acceptors (Lipinski definition) is 3. The smallest absolute Gasteiger partial charge is 0.254 e. The molecule has 0 aliphatic carbocycles. The molecule has 1 aromatic heterocycles. The minimum absolute atomic E-state index is 0.0349. The number of thiophene rings is 1. The zero-order valence-electron chi connectivity index (χ0n) is 10.8. The summed E-state index contributed by atoms with van der Waals surface area (Å²) in [7, 11) is 0. The Morgan fingerprint density at radius 2 is 1.90 bits per heavy atom. The summed E-state index contributed by atoms with van der Waals surface area (Å²) < 4.78 is 36.8. The Hall–Kier alpha value is -2.26. The number of benzene rings is 1. The van der Waals surface area contributed by atoms with E-state index >= 15 is 0 Å². The molecule has 2 rings (SSSR count). The maximum Gasteiger partial charge on any atom is 0.428 e. The maximum absolute atomic E-state index is 12.3. The molecule has 21 heavy (non-hydrogen) atoms. The lowest BCUT2D eigenvalue weighted by Gasteiger charge is -2.16. The molecular formula is C15H11F3N2S. The number of nitrogens with zero attached hydrogens (tertiary/aromatic N) is 2. The van der Waals surface area contributed by atoms with Crippen molar-refractivity contribution in [3.05, 3.63) is 52.7 Å². The van der Waals surface area contributed by atoms with Gasteiger partial charge in [-0.3, -0.25) is 5.01 Å². The molecule has 0 radical (unpaired) electrons. The summed E-state index contributed by atoms with van der Waals surface area (Å²) >= 11 is 1.48. The second kappa shape index (κ2) is 6.95. The Morgan fingerprint density at radius 3 is 2.52 bits per heavy atom. The molecule has 0 fully saturated rings. The second-order valence-electron chi connectivity index (χ2n) is 3.96. The summed E-state index contributed by atoms with van der Waals surface area (Å²) in [6.45, 7) is 0.0779. The highest BCUT2D eigenvalue weighted by atomic mass is 32.1. The summed E-state index contributed by atoms with van der Waals surface area (Å²) in [6, 6.07) is 12.3. The van der Waals surface area contributed by atoms with Crippen LogP contribution in [0, 0.1) is 11.8 Å². The molecule has 0 bridgehead atoms. The van der Waals surface area contributed by atoms with Crippen molar-refractivity contribution in [3.8, 4) is 11.8 Å². The van der Waals surface area contributed by atoms with Crippen LogP contribution in [0.25, 0.3) is 0 Å². The predicted octanol–water partition coefficient (Wildman–Crippen LogP) is 4.15. The standard InChI is InChI=1S/C15H11F3N2S/c16-15(17,18)12-19-20(13-6-2-1-3-7-13)10-4-8-14-9-5-11-21-14/h1-3,5-7,9,11-12H,10H2/b19-12+. The number of hydrogen-bond donors (Lipinski definition) is 0. The van der Waals surface area contributed by atoms with Gasteiger partial charge in [0.1, 0.15) is 12.8 Å². The maximum atomic E-state index is 12.3. The Morgan fingerprint density at radius 1 is 1.14 bits per heavy atom. The minimum atomic E-state index is -4.45. The van der Waals surface area contributed by atoms with Gasteiger partial charge in [0.2, 0.25) is 0 Å². The van der Waals surface area contributed by atoms with Crippen LogP contribution in [-0.4, -0.2) is 18.9 Å². The molecule has 2 aromatic rings. The largest absolute Gasteiger partial charge is 0.428 e. The molecular weight excluding hydrogens is 297 g/mol. The lowest BCUT2D eigenvalue weighted by atomic mass is 10.3. The van der Waals surface area contributed by atoms with E-state index in [4.69, 9.17) is 0 Å². The van der Waals surface area contributed by atoms with Gasteiger partial charge in [-0.2, -0.15) is 18.3 Å². The monoisotopic (exact) mass is 308 g/mol. The molecule has 1 aromatic carbocycles. The summed E-state index contributed by atoms with van der Waals surface area (Å²) in [5.74, 6) is 5.72. The highest BCUT2D eigenvalue weighted by Gasteiger charge is 2.24. The van der Waals surface area contributed by atoms with Gasteiger partial charge >= 0.3 is 6.18 Å². The molecule has 2 nitrogen and oxygen atoms in total. The van der Waals surface area contributed by atoms with Crippen LogP contribution in [0.15, 0.2) is 52.9 Å². The van der Waals surface area contributed by atoms with Crippen molar-refractivity contribution < 1.29 is 13.2 Å². The van der Waals surface area contributed by atoms with Gasteiger partial charge in [0.25, 0.3) is 0 Å². The fraction of sp³-hybridized carbons (Fsp3) is 0.133. The molecule has 0 aliphatic heterocycles. The van der Waals surface area contributed by atoms with E-state index in [0.717, 1.165) is 4.88 Å². The van der Waals surface area contributed by atoms with Crippen molar-refractivity contribution in [2.75, 3.05) is 11.6 Å². The number of anilines is 1. The van der Waals surface area contributed by atoms with Crippen molar-refractivity contribution in [2.24, 2.45) is 5.10 Å². The number of hydrazone groups is 1. The van der Waals surface area contributed by atoms with Gasteiger partial charge in [0.15, 0.2) is 0 Å². The first-order valence-electron chi connectivity index (χ1n) is 6.01. The van der Waals surface area contributed by atoms with Crippen LogP contribution in [0.5, 0.6) is 0 Å². The minimum Gasteiger partial charge on any atom is -0.254 e. The SMILES string of the molecule is FC(F)(F)/C=N/N(CC#Cc1cccs1)c1ccccc1. The van der Waals surface area contributed by atoms with Gasteiger partial charge in [-0.1, -0.05) is 36.1 Å². The lowest BCUT2D eigenvalue weighted by molar-refractivity contribution is -0.0537. The van der Waals surface area contributed by atoms with E-state index in [1.807, 2.05) is 17.5 Å². The second-order valence-corrected chi connectivity index (χ2v) is 4.91. The first-order chi connectivity index (χ1) is 10.0. The first kappa shape index (κ1) is 15.1. The van der Waals surface area contributed by atoms with Crippen LogP contribution in [0.4, 0.5) is 18.9 Å². The van der Waals surface area contributed by atoms with Gasteiger partial charge in [-0.05, 0) is 23.6 Å². The number of rotatable bonds is 3. The van der Waals surface area contributed by atoms with E-state index in [9.17, 15) is 13.2 Å². The summed E-state index contributed by atoms with van der Waals surface area (Å²) in [4.78, 5) is 0.864. The van der Waals surface area contributed by atoms with Crippen molar-refractivity contribution in [1.82, 2.24) is 0 Å². The Balaban J connectivity index is 2.14. The van der Waals surface area contributed by atoms with Crippen molar-refractivity contribution in [1.29, 1.82) is 0 Å². The van der Waals surface area contributed by atoms with Crippen LogP contribution < -0.4 is 5.01 Å². The average molecular weight is 308 g/mol.